The summed E-state index contributed by atoms with van der Waals surface area (Å²) in [6.45, 7) is 12.3. The van der Waals surface area contributed by atoms with Gasteiger partial charge in [0.25, 0.3) is 0 Å². The molecule has 0 nitrogen and oxygen atoms in total. The van der Waals surface area contributed by atoms with Gasteiger partial charge in [-0.3, -0.25) is 0 Å². The lowest BCUT2D eigenvalue weighted by molar-refractivity contribution is 0.0708. The Morgan fingerprint density at radius 1 is 1.07 bits per heavy atom. The molecule has 0 spiro atoms. The monoisotopic (exact) mass is 194 g/mol. The third-order valence-corrected chi connectivity index (χ3v) is 5.20. The predicted octanol–water partition coefficient (Wildman–Crippen LogP) is 4.64. The van der Waals surface area contributed by atoms with Crippen molar-refractivity contribution < 1.29 is 0 Å². The normalized spacial score (nSPS) is 40.5. The Kier molecular flexibility index (Phi) is 2.08. The Bertz CT molecular complexity index is 221. The van der Waals surface area contributed by atoms with Crippen molar-refractivity contribution in [3.8, 4) is 0 Å². The minimum Gasteiger partial charge on any atom is -0.0602 e. The van der Waals surface area contributed by atoms with Gasteiger partial charge in [0.1, 0.15) is 0 Å². The van der Waals surface area contributed by atoms with Gasteiger partial charge in [0.15, 0.2) is 0 Å². The molecule has 0 aromatic heterocycles. The maximum absolute atomic E-state index is 2.53. The van der Waals surface area contributed by atoms with Gasteiger partial charge in [-0.1, -0.05) is 34.6 Å². The Morgan fingerprint density at radius 3 is 1.86 bits per heavy atom. The van der Waals surface area contributed by atoms with Crippen LogP contribution in [0.15, 0.2) is 0 Å². The summed E-state index contributed by atoms with van der Waals surface area (Å²) in [5.41, 5.74) is 1.83. The van der Waals surface area contributed by atoms with Gasteiger partial charge in [-0.2, -0.15) is 0 Å². The van der Waals surface area contributed by atoms with Gasteiger partial charge in [0.2, 0.25) is 0 Å². The molecule has 0 aliphatic heterocycles. The first-order chi connectivity index (χ1) is 6.27. The van der Waals surface area contributed by atoms with E-state index in [-0.39, 0.29) is 0 Å². The van der Waals surface area contributed by atoms with Crippen molar-refractivity contribution in [2.45, 2.75) is 66.7 Å². The van der Waals surface area contributed by atoms with Crippen LogP contribution >= 0.6 is 0 Å². The van der Waals surface area contributed by atoms with E-state index in [1.54, 1.807) is 0 Å². The summed E-state index contributed by atoms with van der Waals surface area (Å²) in [7, 11) is 0. The van der Waals surface area contributed by atoms with Crippen LogP contribution in [-0.2, 0) is 0 Å². The predicted molar refractivity (Wildman–Crippen MR) is 62.2 cm³/mol. The van der Waals surface area contributed by atoms with Crippen LogP contribution in [0.4, 0.5) is 0 Å². The van der Waals surface area contributed by atoms with Gasteiger partial charge >= 0.3 is 0 Å². The molecule has 0 radical (unpaired) electrons. The number of hydrogen-bond donors (Lipinski definition) is 0. The summed E-state index contributed by atoms with van der Waals surface area (Å²) in [6.07, 6.45) is 7.44. The molecule has 0 unspecified atom stereocenters. The van der Waals surface area contributed by atoms with Crippen molar-refractivity contribution >= 4 is 0 Å². The van der Waals surface area contributed by atoms with E-state index >= 15 is 0 Å². The molecule has 2 saturated carbocycles. The smallest absolute Gasteiger partial charge is 0.0238 e. The lowest BCUT2D eigenvalue weighted by Gasteiger charge is -2.42. The molecule has 82 valence electrons. The number of fused-ring (bicyclic) bond motifs is 2. The summed E-state index contributed by atoms with van der Waals surface area (Å²) in [4.78, 5) is 0. The molecule has 0 amide bonds. The fourth-order valence-corrected chi connectivity index (χ4v) is 4.39. The zero-order valence-corrected chi connectivity index (χ0v) is 10.6. The molecule has 2 bridgehead atoms. The Balaban J connectivity index is 2.23. The lowest BCUT2D eigenvalue weighted by Crippen LogP contribution is -2.34. The average Bonchev–Trinajstić information content (AvgIpc) is 2.34. The molecule has 0 heteroatoms. The number of rotatable bonds is 1. The van der Waals surface area contributed by atoms with E-state index in [2.05, 4.69) is 34.6 Å². The van der Waals surface area contributed by atoms with Gasteiger partial charge in [-0.05, 0) is 54.3 Å². The molecule has 2 aliphatic carbocycles. The summed E-state index contributed by atoms with van der Waals surface area (Å²) in [6, 6.07) is 0. The van der Waals surface area contributed by atoms with Crippen molar-refractivity contribution in [3.63, 3.8) is 0 Å². The second-order valence-corrected chi connectivity index (χ2v) is 7.51. The highest BCUT2D eigenvalue weighted by atomic mass is 14.6. The van der Waals surface area contributed by atoms with Crippen molar-refractivity contribution in [1.29, 1.82) is 0 Å². The van der Waals surface area contributed by atoms with Crippen molar-refractivity contribution in [2.75, 3.05) is 0 Å². The van der Waals surface area contributed by atoms with Crippen molar-refractivity contribution in [2.24, 2.45) is 22.2 Å². The highest BCUT2D eigenvalue weighted by Gasteiger charge is 2.59. The molecule has 0 N–H and O–H groups in total. The van der Waals surface area contributed by atoms with E-state index in [9.17, 15) is 0 Å². The van der Waals surface area contributed by atoms with Gasteiger partial charge in [0.05, 0.1) is 0 Å². The molecular weight excluding hydrogens is 168 g/mol. The first kappa shape index (κ1) is 10.5. The lowest BCUT2D eigenvalue weighted by atomic mass is 9.62. The zero-order valence-electron chi connectivity index (χ0n) is 10.6. The topological polar surface area (TPSA) is 0 Å². The fraction of sp³-hybridized carbons (Fsp3) is 1.00. The Hall–Kier alpha value is 0. The van der Waals surface area contributed by atoms with E-state index in [4.69, 9.17) is 0 Å². The van der Waals surface area contributed by atoms with Crippen LogP contribution < -0.4 is 0 Å². The molecule has 2 rings (SSSR count). The van der Waals surface area contributed by atoms with Crippen LogP contribution in [0.3, 0.4) is 0 Å². The van der Waals surface area contributed by atoms with Crippen molar-refractivity contribution in [3.05, 3.63) is 0 Å². The third kappa shape index (κ3) is 1.33. The van der Waals surface area contributed by atoms with Crippen LogP contribution in [0, 0.1) is 22.2 Å². The van der Waals surface area contributed by atoms with E-state index < -0.39 is 0 Å². The first-order valence-electron chi connectivity index (χ1n) is 6.27. The minimum absolute atomic E-state index is 0.510. The summed E-state index contributed by atoms with van der Waals surface area (Å²) < 4.78 is 0. The van der Waals surface area contributed by atoms with Gasteiger partial charge in [-0.15, -0.1) is 0 Å². The molecule has 0 atom stereocenters. The minimum atomic E-state index is 0.510. The molecule has 0 saturated heterocycles. The average molecular weight is 194 g/mol. The van der Waals surface area contributed by atoms with Crippen molar-refractivity contribution in [1.82, 2.24) is 0 Å². The van der Waals surface area contributed by atoms with Gasteiger partial charge in [0, 0.05) is 0 Å². The van der Waals surface area contributed by atoms with Crippen LogP contribution in [0.25, 0.3) is 0 Å². The molecule has 2 fully saturated rings. The number of hydrogen-bond acceptors (Lipinski definition) is 0. The second kappa shape index (κ2) is 2.77. The second-order valence-electron chi connectivity index (χ2n) is 7.51. The summed E-state index contributed by atoms with van der Waals surface area (Å²) in [5.74, 6) is 1.03. The third-order valence-electron chi connectivity index (χ3n) is 5.20. The van der Waals surface area contributed by atoms with Gasteiger partial charge in [-0.25, -0.2) is 0 Å². The van der Waals surface area contributed by atoms with Crippen LogP contribution in [0.5, 0.6) is 0 Å². The maximum atomic E-state index is 2.53. The molecule has 14 heavy (non-hydrogen) atoms. The van der Waals surface area contributed by atoms with Crippen LogP contribution in [-0.4, -0.2) is 0 Å². The zero-order chi connectivity index (χ0) is 10.6. The fourth-order valence-electron chi connectivity index (χ4n) is 4.39. The van der Waals surface area contributed by atoms with E-state index in [0.29, 0.717) is 16.2 Å². The SMILES string of the molecule is CC(C)(C)CC12CCC(CC1)C2(C)C. The summed E-state index contributed by atoms with van der Waals surface area (Å²) >= 11 is 0. The van der Waals surface area contributed by atoms with Crippen LogP contribution in [0.2, 0.25) is 0 Å². The molecule has 2 aliphatic rings. The Labute approximate surface area is 89.5 Å². The standard InChI is InChI=1S/C14H26/c1-12(2,3)10-14-8-6-11(7-9-14)13(14,4)5/h11H,6-10H2,1-5H3. The van der Waals surface area contributed by atoms with E-state index in [1.807, 2.05) is 0 Å². The Morgan fingerprint density at radius 2 is 1.57 bits per heavy atom. The maximum Gasteiger partial charge on any atom is -0.0238 e. The summed E-state index contributed by atoms with van der Waals surface area (Å²) in [5, 5.41) is 0. The highest BCUT2D eigenvalue weighted by molar-refractivity contribution is 5.08. The van der Waals surface area contributed by atoms with Gasteiger partial charge < -0.3 is 0 Å². The first-order valence-corrected chi connectivity index (χ1v) is 6.27. The van der Waals surface area contributed by atoms with E-state index in [1.165, 1.54) is 32.1 Å². The molecule has 0 aromatic rings. The largest absolute Gasteiger partial charge is 0.0602 e. The van der Waals surface area contributed by atoms with Crippen LogP contribution in [0.1, 0.15) is 66.7 Å². The molecule has 0 aromatic carbocycles. The quantitative estimate of drug-likeness (QED) is 0.570. The molecular formula is C14H26. The molecule has 0 heterocycles. The van der Waals surface area contributed by atoms with E-state index in [0.717, 1.165) is 5.92 Å². The highest BCUT2D eigenvalue weighted by Crippen LogP contribution is 2.68.